The number of carbonyl (C=O) groups excluding carboxylic acids is 1. The normalized spacial score (nSPS) is 17.9. The molecule has 23 heavy (non-hydrogen) atoms. The highest BCUT2D eigenvalue weighted by Gasteiger charge is 2.33. The van der Waals surface area contributed by atoms with Crippen molar-refractivity contribution in [2.24, 2.45) is 7.05 Å². The number of nitrogens with two attached hydrogens (primary N) is 1. The molecule has 3 rings (SSSR count). The Balaban J connectivity index is 1.83. The fourth-order valence-corrected chi connectivity index (χ4v) is 2.88. The molecule has 2 aromatic rings. The van der Waals surface area contributed by atoms with Gasteiger partial charge in [-0.05, 0) is 30.9 Å². The number of rotatable bonds is 3. The maximum absolute atomic E-state index is 12.8. The smallest absolute Gasteiger partial charge is 0.256 e. The van der Waals surface area contributed by atoms with Gasteiger partial charge in [-0.1, -0.05) is 13.8 Å². The van der Waals surface area contributed by atoms with Gasteiger partial charge in [0.05, 0.1) is 11.6 Å². The highest BCUT2D eigenvalue weighted by molar-refractivity contribution is 5.94. The molecule has 0 aliphatic carbocycles. The van der Waals surface area contributed by atoms with Crippen LogP contribution in [0, 0.1) is 0 Å². The topological polar surface area (TPSA) is 89.9 Å². The first-order chi connectivity index (χ1) is 11.0. The Hall–Kier alpha value is -2.44. The second kappa shape index (κ2) is 5.98. The van der Waals surface area contributed by atoms with Crippen LogP contribution in [0.15, 0.2) is 18.3 Å². The lowest BCUT2D eigenvalue weighted by atomic mass is 10.1. The van der Waals surface area contributed by atoms with Crippen LogP contribution in [-0.2, 0) is 7.05 Å². The van der Waals surface area contributed by atoms with Crippen molar-refractivity contribution in [3.8, 4) is 0 Å². The van der Waals surface area contributed by atoms with E-state index in [1.54, 1.807) is 13.2 Å². The van der Waals surface area contributed by atoms with Gasteiger partial charge in [0.25, 0.3) is 5.91 Å². The summed E-state index contributed by atoms with van der Waals surface area (Å²) < 4.78 is 1.54. The number of hydrogen-bond acceptors (Lipinski definition) is 5. The fraction of sp³-hybridized carbons (Fsp3) is 0.500. The van der Waals surface area contributed by atoms with Gasteiger partial charge in [0.1, 0.15) is 0 Å². The second-order valence-electron chi connectivity index (χ2n) is 6.23. The largest absolute Gasteiger partial charge is 0.368 e. The Morgan fingerprint density at radius 1 is 1.39 bits per heavy atom. The average molecular weight is 314 g/mol. The highest BCUT2D eigenvalue weighted by Crippen LogP contribution is 2.31. The third-order valence-electron chi connectivity index (χ3n) is 4.25. The van der Waals surface area contributed by atoms with Gasteiger partial charge < -0.3 is 10.6 Å². The van der Waals surface area contributed by atoms with Crippen LogP contribution < -0.4 is 5.73 Å². The molecule has 3 heterocycles. The van der Waals surface area contributed by atoms with Gasteiger partial charge in [0.15, 0.2) is 5.82 Å². The van der Waals surface area contributed by atoms with E-state index in [4.69, 9.17) is 5.73 Å². The summed E-state index contributed by atoms with van der Waals surface area (Å²) in [7, 11) is 1.75. The van der Waals surface area contributed by atoms with E-state index in [0.29, 0.717) is 29.8 Å². The molecule has 2 N–H and O–H groups in total. The van der Waals surface area contributed by atoms with Crippen molar-refractivity contribution in [3.63, 3.8) is 0 Å². The van der Waals surface area contributed by atoms with E-state index in [2.05, 4.69) is 28.9 Å². The fourth-order valence-electron chi connectivity index (χ4n) is 2.88. The summed E-state index contributed by atoms with van der Waals surface area (Å²) in [5.41, 5.74) is 7.35. The van der Waals surface area contributed by atoms with Crippen LogP contribution >= 0.6 is 0 Å². The van der Waals surface area contributed by atoms with Crippen molar-refractivity contribution < 1.29 is 4.79 Å². The molecule has 0 spiro atoms. The number of aryl methyl sites for hydroxylation is 1. The third kappa shape index (κ3) is 2.91. The Morgan fingerprint density at radius 3 is 2.74 bits per heavy atom. The van der Waals surface area contributed by atoms with Gasteiger partial charge in [-0.25, -0.2) is 4.68 Å². The third-order valence-corrected chi connectivity index (χ3v) is 4.25. The van der Waals surface area contributed by atoms with Gasteiger partial charge in [0.2, 0.25) is 5.95 Å². The zero-order valence-electron chi connectivity index (χ0n) is 13.7. The molecule has 1 saturated heterocycles. The molecule has 2 aromatic heterocycles. The van der Waals surface area contributed by atoms with E-state index in [9.17, 15) is 4.79 Å². The van der Waals surface area contributed by atoms with Crippen LogP contribution in [0.4, 0.5) is 5.95 Å². The Bertz CT molecular complexity index is 686. The Morgan fingerprint density at radius 2 is 2.17 bits per heavy atom. The van der Waals surface area contributed by atoms with Crippen LogP contribution in [0.2, 0.25) is 0 Å². The Labute approximate surface area is 135 Å². The number of nitrogen functional groups attached to an aromatic ring is 1. The molecule has 122 valence electrons. The number of aromatic nitrogens is 4. The van der Waals surface area contributed by atoms with Crippen LogP contribution in [0.1, 0.15) is 60.5 Å². The SMILES string of the molecule is CC(C)c1ccc(C(=O)N2CCCC2c2nc(N)n(C)n2)cn1. The predicted octanol–water partition coefficient (Wildman–Crippen LogP) is 1.89. The van der Waals surface area contributed by atoms with Crippen molar-refractivity contribution >= 4 is 11.9 Å². The highest BCUT2D eigenvalue weighted by atomic mass is 16.2. The minimum atomic E-state index is -0.115. The molecule has 1 aliphatic heterocycles. The standard InChI is InChI=1S/C16H22N6O/c1-10(2)12-7-6-11(9-18-12)15(23)22-8-4-5-13(22)14-19-16(17)21(3)20-14/h6-7,9-10,13H,4-5,8H2,1-3H3,(H2,17,19,20). The maximum Gasteiger partial charge on any atom is 0.256 e. The van der Waals surface area contributed by atoms with E-state index in [1.807, 2.05) is 17.0 Å². The summed E-state index contributed by atoms with van der Waals surface area (Å²) in [4.78, 5) is 23.3. The molecule has 7 nitrogen and oxygen atoms in total. The van der Waals surface area contributed by atoms with Crippen molar-refractivity contribution in [1.82, 2.24) is 24.6 Å². The molecule has 1 atom stereocenters. The molecule has 0 bridgehead atoms. The number of nitrogens with zero attached hydrogens (tertiary/aromatic N) is 5. The molecule has 1 aliphatic rings. The molecule has 1 fully saturated rings. The Kier molecular flexibility index (Phi) is 4.02. The monoisotopic (exact) mass is 314 g/mol. The minimum Gasteiger partial charge on any atom is -0.368 e. The van der Waals surface area contributed by atoms with Crippen LogP contribution in [0.5, 0.6) is 0 Å². The van der Waals surface area contributed by atoms with E-state index >= 15 is 0 Å². The van der Waals surface area contributed by atoms with Crippen molar-refractivity contribution in [1.29, 1.82) is 0 Å². The van der Waals surface area contributed by atoms with Gasteiger partial charge >= 0.3 is 0 Å². The zero-order chi connectivity index (χ0) is 16.6. The molecule has 0 radical (unpaired) electrons. The molecule has 0 aromatic carbocycles. The van der Waals surface area contributed by atoms with Crippen LogP contribution in [-0.4, -0.2) is 37.1 Å². The van der Waals surface area contributed by atoms with E-state index < -0.39 is 0 Å². The van der Waals surface area contributed by atoms with E-state index in [-0.39, 0.29) is 11.9 Å². The van der Waals surface area contributed by atoms with Gasteiger partial charge in [0, 0.05) is 25.5 Å². The van der Waals surface area contributed by atoms with E-state index in [1.165, 1.54) is 4.68 Å². The summed E-state index contributed by atoms with van der Waals surface area (Å²) in [6, 6.07) is 3.65. The number of pyridine rings is 1. The number of anilines is 1. The molecule has 7 heteroatoms. The number of hydrogen-bond donors (Lipinski definition) is 1. The first-order valence-corrected chi connectivity index (χ1v) is 7.90. The zero-order valence-corrected chi connectivity index (χ0v) is 13.7. The lowest BCUT2D eigenvalue weighted by Crippen LogP contribution is -2.31. The first kappa shape index (κ1) is 15.5. The van der Waals surface area contributed by atoms with Crippen molar-refractivity contribution in [2.45, 2.75) is 38.6 Å². The van der Waals surface area contributed by atoms with Gasteiger partial charge in [-0.15, -0.1) is 0 Å². The molecular formula is C16H22N6O. The maximum atomic E-state index is 12.8. The van der Waals surface area contributed by atoms with Crippen molar-refractivity contribution in [3.05, 3.63) is 35.4 Å². The summed E-state index contributed by atoms with van der Waals surface area (Å²) in [6.45, 7) is 4.86. The lowest BCUT2D eigenvalue weighted by molar-refractivity contribution is 0.0729. The number of amides is 1. The van der Waals surface area contributed by atoms with Crippen molar-refractivity contribution in [2.75, 3.05) is 12.3 Å². The van der Waals surface area contributed by atoms with Crippen LogP contribution in [0.3, 0.4) is 0 Å². The molecule has 1 amide bonds. The number of likely N-dealkylation sites (tertiary alicyclic amines) is 1. The molecule has 1 unspecified atom stereocenters. The summed E-state index contributed by atoms with van der Waals surface area (Å²) in [5, 5.41) is 4.33. The first-order valence-electron chi connectivity index (χ1n) is 7.90. The average Bonchev–Trinajstić information content (AvgIpc) is 3.14. The van der Waals surface area contributed by atoms with Crippen LogP contribution in [0.25, 0.3) is 0 Å². The second-order valence-corrected chi connectivity index (χ2v) is 6.23. The predicted molar refractivity (Wildman–Crippen MR) is 86.8 cm³/mol. The summed E-state index contributed by atoms with van der Waals surface area (Å²) in [6.07, 6.45) is 3.45. The lowest BCUT2D eigenvalue weighted by Gasteiger charge is -2.22. The van der Waals surface area contributed by atoms with Gasteiger partial charge in [-0.3, -0.25) is 9.78 Å². The minimum absolute atomic E-state index is 0.0265. The summed E-state index contributed by atoms with van der Waals surface area (Å²) >= 11 is 0. The van der Waals surface area contributed by atoms with E-state index in [0.717, 1.165) is 18.5 Å². The summed E-state index contributed by atoms with van der Waals surface area (Å²) in [5.74, 6) is 1.30. The molecular weight excluding hydrogens is 292 g/mol. The quantitative estimate of drug-likeness (QED) is 0.934. The number of carbonyl (C=O) groups is 1. The van der Waals surface area contributed by atoms with Gasteiger partial charge in [-0.2, -0.15) is 10.1 Å². The molecule has 0 saturated carbocycles.